The van der Waals surface area contributed by atoms with E-state index in [1.54, 1.807) is 31.2 Å². The second-order valence-corrected chi connectivity index (χ2v) is 7.15. The highest BCUT2D eigenvalue weighted by Crippen LogP contribution is 2.34. The normalized spacial score (nSPS) is 10.7. The maximum absolute atomic E-state index is 12.4. The van der Waals surface area contributed by atoms with Gasteiger partial charge in [-0.2, -0.15) is 0 Å². The number of carbonyl (C=O) groups is 2. The Kier molecular flexibility index (Phi) is 7.25. The summed E-state index contributed by atoms with van der Waals surface area (Å²) in [5.41, 5.74) is 1.86. The minimum absolute atomic E-state index is 0.0423. The van der Waals surface area contributed by atoms with Gasteiger partial charge in [-0.15, -0.1) is 0 Å². The fraction of sp³-hybridized carbons (Fsp3) is 0.273. The standard InChI is InChI=1S/C22H22ClN3O5/c1-3-31-21(29)7-6-15(27)8-13-4-5-14(23)9-17(13)26-22-16-10-19(28)20(30-2)11-18(16)24-12-25-22/h4-5,9-12,28H,3,6-8H2,1-2H3,(H,24,25,26). The van der Waals surface area contributed by atoms with Gasteiger partial charge < -0.3 is 19.9 Å². The molecule has 0 aliphatic rings. The highest BCUT2D eigenvalue weighted by Gasteiger charge is 2.14. The number of methoxy groups -OCH3 is 1. The van der Waals surface area contributed by atoms with Crippen molar-refractivity contribution in [3.8, 4) is 11.5 Å². The molecule has 0 aliphatic carbocycles. The monoisotopic (exact) mass is 443 g/mol. The third kappa shape index (κ3) is 5.61. The first-order valence-electron chi connectivity index (χ1n) is 9.65. The molecule has 0 radical (unpaired) electrons. The Hall–Kier alpha value is -3.39. The van der Waals surface area contributed by atoms with Crippen LogP contribution >= 0.6 is 11.6 Å². The number of ether oxygens (including phenoxy) is 2. The fourth-order valence-corrected chi connectivity index (χ4v) is 3.23. The van der Waals surface area contributed by atoms with Crippen LogP contribution in [0.4, 0.5) is 11.5 Å². The van der Waals surface area contributed by atoms with Crippen LogP contribution in [0, 0.1) is 0 Å². The van der Waals surface area contributed by atoms with E-state index in [-0.39, 0.29) is 37.4 Å². The van der Waals surface area contributed by atoms with Gasteiger partial charge in [0.2, 0.25) is 0 Å². The molecule has 0 unspecified atom stereocenters. The molecule has 0 aliphatic heterocycles. The van der Waals surface area contributed by atoms with E-state index in [4.69, 9.17) is 21.1 Å². The molecule has 1 aromatic heterocycles. The van der Waals surface area contributed by atoms with Gasteiger partial charge >= 0.3 is 5.97 Å². The van der Waals surface area contributed by atoms with E-state index in [1.807, 2.05) is 0 Å². The number of benzene rings is 2. The first kappa shape index (κ1) is 22.3. The first-order valence-corrected chi connectivity index (χ1v) is 10.0. The van der Waals surface area contributed by atoms with Crippen molar-refractivity contribution in [3.05, 3.63) is 47.2 Å². The number of Topliss-reactive ketones (excluding diaryl/α,β-unsaturated/α-hetero) is 1. The highest BCUT2D eigenvalue weighted by atomic mass is 35.5. The average Bonchev–Trinajstić information content (AvgIpc) is 2.74. The second-order valence-electron chi connectivity index (χ2n) is 6.71. The number of esters is 1. The second kappa shape index (κ2) is 10.1. The molecule has 0 amide bonds. The topological polar surface area (TPSA) is 111 Å². The van der Waals surface area contributed by atoms with Crippen molar-refractivity contribution in [1.29, 1.82) is 0 Å². The Morgan fingerprint density at radius 2 is 1.97 bits per heavy atom. The number of halogens is 1. The van der Waals surface area contributed by atoms with Crippen LogP contribution in [0.5, 0.6) is 11.5 Å². The maximum Gasteiger partial charge on any atom is 0.306 e. The number of carbonyl (C=O) groups excluding carboxylic acids is 2. The lowest BCUT2D eigenvalue weighted by atomic mass is 10.0. The zero-order valence-electron chi connectivity index (χ0n) is 17.1. The third-order valence-electron chi connectivity index (χ3n) is 4.56. The van der Waals surface area contributed by atoms with Gasteiger partial charge in [0.15, 0.2) is 11.5 Å². The number of aromatic nitrogens is 2. The Labute approximate surface area is 184 Å². The number of hydrogen-bond donors (Lipinski definition) is 2. The molecule has 0 saturated heterocycles. The molecule has 1 heterocycles. The summed E-state index contributed by atoms with van der Waals surface area (Å²) in [5, 5.41) is 14.4. The van der Waals surface area contributed by atoms with E-state index in [1.165, 1.54) is 19.5 Å². The van der Waals surface area contributed by atoms with Gasteiger partial charge in [0, 0.05) is 35.0 Å². The number of rotatable bonds is 9. The van der Waals surface area contributed by atoms with Crippen molar-refractivity contribution < 1.29 is 24.2 Å². The maximum atomic E-state index is 12.4. The fourth-order valence-electron chi connectivity index (χ4n) is 3.06. The number of anilines is 2. The van der Waals surface area contributed by atoms with Crippen LogP contribution in [0.25, 0.3) is 10.9 Å². The van der Waals surface area contributed by atoms with Crippen molar-refractivity contribution in [2.75, 3.05) is 19.0 Å². The summed E-state index contributed by atoms with van der Waals surface area (Å²) in [4.78, 5) is 32.4. The number of fused-ring (bicyclic) bond motifs is 1. The van der Waals surface area contributed by atoms with Crippen molar-refractivity contribution in [2.24, 2.45) is 0 Å². The van der Waals surface area contributed by atoms with Crippen LogP contribution in [0.2, 0.25) is 5.02 Å². The van der Waals surface area contributed by atoms with Crippen molar-refractivity contribution in [1.82, 2.24) is 9.97 Å². The predicted octanol–water partition coefficient (Wildman–Crippen LogP) is 4.20. The lowest BCUT2D eigenvalue weighted by Crippen LogP contribution is -2.10. The van der Waals surface area contributed by atoms with Gasteiger partial charge in [0.25, 0.3) is 0 Å². The molecule has 0 fully saturated rings. The molecule has 8 nitrogen and oxygen atoms in total. The number of ketones is 1. The van der Waals surface area contributed by atoms with Crippen molar-refractivity contribution in [3.63, 3.8) is 0 Å². The minimum atomic E-state index is -0.395. The number of phenolic OH excluding ortho intramolecular Hbond substituents is 1. The summed E-state index contributed by atoms with van der Waals surface area (Å²) < 4.78 is 9.99. The van der Waals surface area contributed by atoms with E-state index in [2.05, 4.69) is 15.3 Å². The zero-order valence-corrected chi connectivity index (χ0v) is 17.9. The van der Waals surface area contributed by atoms with Crippen LogP contribution in [0.15, 0.2) is 36.7 Å². The number of phenols is 1. The molecular weight excluding hydrogens is 422 g/mol. The molecule has 31 heavy (non-hydrogen) atoms. The van der Waals surface area contributed by atoms with Gasteiger partial charge in [-0.1, -0.05) is 17.7 Å². The third-order valence-corrected chi connectivity index (χ3v) is 4.80. The molecular formula is C22H22ClN3O5. The van der Waals surface area contributed by atoms with Crippen LogP contribution in [0.1, 0.15) is 25.3 Å². The van der Waals surface area contributed by atoms with Crippen LogP contribution in [-0.2, 0) is 20.7 Å². The van der Waals surface area contributed by atoms with Gasteiger partial charge in [-0.05, 0) is 30.7 Å². The minimum Gasteiger partial charge on any atom is -0.504 e. The van der Waals surface area contributed by atoms with E-state index in [9.17, 15) is 14.7 Å². The Morgan fingerprint density at radius 3 is 2.71 bits per heavy atom. The molecule has 3 rings (SSSR count). The van der Waals surface area contributed by atoms with Gasteiger partial charge in [0.1, 0.15) is 17.9 Å². The van der Waals surface area contributed by atoms with Crippen LogP contribution in [-0.4, -0.2) is 40.5 Å². The number of aromatic hydroxyl groups is 1. The van der Waals surface area contributed by atoms with Crippen molar-refractivity contribution >= 4 is 45.8 Å². The van der Waals surface area contributed by atoms with E-state index < -0.39 is 5.97 Å². The summed E-state index contributed by atoms with van der Waals surface area (Å²) in [6.07, 6.45) is 1.63. The highest BCUT2D eigenvalue weighted by molar-refractivity contribution is 6.31. The SMILES string of the molecule is CCOC(=O)CCC(=O)Cc1ccc(Cl)cc1Nc1ncnc2cc(OC)c(O)cc12. The molecule has 162 valence electrons. The summed E-state index contributed by atoms with van der Waals surface area (Å²) in [7, 11) is 1.46. The Bertz CT molecular complexity index is 1120. The van der Waals surface area contributed by atoms with E-state index in [0.717, 1.165) is 0 Å². The number of hydrogen-bond acceptors (Lipinski definition) is 8. The molecule has 9 heteroatoms. The molecule has 2 aromatic carbocycles. The lowest BCUT2D eigenvalue weighted by molar-refractivity contribution is -0.144. The van der Waals surface area contributed by atoms with Gasteiger partial charge in [-0.25, -0.2) is 9.97 Å². The summed E-state index contributed by atoms with van der Waals surface area (Å²) in [6.45, 7) is 2.00. The predicted molar refractivity (Wildman–Crippen MR) is 117 cm³/mol. The quantitative estimate of drug-likeness (QED) is 0.473. The molecule has 0 spiro atoms. The molecule has 0 bridgehead atoms. The van der Waals surface area contributed by atoms with Gasteiger partial charge in [0.05, 0.1) is 25.7 Å². The van der Waals surface area contributed by atoms with Crippen molar-refractivity contribution in [2.45, 2.75) is 26.2 Å². The smallest absolute Gasteiger partial charge is 0.306 e. The van der Waals surface area contributed by atoms with Crippen LogP contribution in [0.3, 0.4) is 0 Å². The summed E-state index contributed by atoms with van der Waals surface area (Å²) >= 11 is 6.16. The lowest BCUT2D eigenvalue weighted by Gasteiger charge is -2.14. The summed E-state index contributed by atoms with van der Waals surface area (Å²) in [6, 6.07) is 8.24. The Morgan fingerprint density at radius 1 is 1.16 bits per heavy atom. The Balaban J connectivity index is 1.85. The first-order chi connectivity index (χ1) is 14.9. The zero-order chi connectivity index (χ0) is 22.4. The number of nitrogens with one attached hydrogen (secondary N) is 1. The molecule has 0 atom stereocenters. The van der Waals surface area contributed by atoms with Gasteiger partial charge in [-0.3, -0.25) is 9.59 Å². The van der Waals surface area contributed by atoms with E-state index >= 15 is 0 Å². The molecule has 0 saturated carbocycles. The largest absolute Gasteiger partial charge is 0.504 e. The summed E-state index contributed by atoms with van der Waals surface area (Å²) in [5.74, 6) is 0.188. The van der Waals surface area contributed by atoms with E-state index in [0.29, 0.717) is 38.7 Å². The molecule has 2 N–H and O–H groups in total. The average molecular weight is 444 g/mol. The molecule has 3 aromatic rings. The van der Waals surface area contributed by atoms with Crippen LogP contribution < -0.4 is 10.1 Å². The number of nitrogens with zero attached hydrogens (tertiary/aromatic N) is 2.